The van der Waals surface area contributed by atoms with Crippen molar-refractivity contribution in [3.8, 4) is 0 Å². The lowest BCUT2D eigenvalue weighted by atomic mass is 10.3. The van der Waals surface area contributed by atoms with Gasteiger partial charge in [-0.2, -0.15) is 0 Å². The van der Waals surface area contributed by atoms with Crippen molar-refractivity contribution < 1.29 is 13.2 Å². The summed E-state index contributed by atoms with van der Waals surface area (Å²) in [7, 11) is -3.00. The largest absolute Gasteiger partial charge is 0.352 e. The molecule has 1 aromatic carbocycles. The Morgan fingerprint density at radius 1 is 1.42 bits per heavy atom. The zero-order valence-electron chi connectivity index (χ0n) is 12.6. The molecule has 1 amide bonds. The van der Waals surface area contributed by atoms with Gasteiger partial charge >= 0.3 is 0 Å². The molecule has 0 aliphatic carbocycles. The van der Waals surface area contributed by atoms with E-state index in [0.29, 0.717) is 17.4 Å². The lowest BCUT2D eigenvalue weighted by molar-refractivity contribution is -0.119. The molecule has 4 rings (SSSR count). The van der Waals surface area contributed by atoms with Gasteiger partial charge in [-0.05, 0) is 18.6 Å². The van der Waals surface area contributed by atoms with Crippen LogP contribution in [0.4, 0.5) is 0 Å². The van der Waals surface area contributed by atoms with Crippen LogP contribution in [-0.4, -0.2) is 57.2 Å². The SMILES string of the molecule is O=C(CSc1n[nH]c2nc3ccccc3n12)N[C@@H]1CCS(=O)(=O)C1. The highest BCUT2D eigenvalue weighted by Crippen LogP contribution is 2.22. The Morgan fingerprint density at radius 3 is 3.04 bits per heavy atom. The first-order valence-corrected chi connectivity index (χ1v) is 10.3. The maximum atomic E-state index is 12.1. The average molecular weight is 365 g/mol. The van der Waals surface area contributed by atoms with E-state index in [2.05, 4.69) is 20.5 Å². The van der Waals surface area contributed by atoms with E-state index in [0.717, 1.165) is 11.0 Å². The van der Waals surface area contributed by atoms with Gasteiger partial charge in [0.1, 0.15) is 0 Å². The fourth-order valence-electron chi connectivity index (χ4n) is 2.85. The summed E-state index contributed by atoms with van der Waals surface area (Å²) in [6.45, 7) is 0. The molecule has 3 heterocycles. The molecule has 0 radical (unpaired) electrons. The standard InChI is InChI=1S/C14H15N5O3S2/c20-12(15-9-5-6-24(21,22)8-9)7-23-14-18-17-13-16-10-3-1-2-4-11(10)19(13)14/h1-4,9H,5-8H2,(H,15,20)(H,16,17)/t9-/m1/s1. The van der Waals surface area contributed by atoms with Gasteiger partial charge in [0.15, 0.2) is 15.0 Å². The van der Waals surface area contributed by atoms with Crippen molar-refractivity contribution in [1.29, 1.82) is 0 Å². The molecule has 2 aromatic heterocycles. The number of hydrogen-bond donors (Lipinski definition) is 2. The fourth-order valence-corrected chi connectivity index (χ4v) is 5.29. The number of carbonyl (C=O) groups is 1. The summed E-state index contributed by atoms with van der Waals surface area (Å²) >= 11 is 1.29. The van der Waals surface area contributed by atoms with Gasteiger partial charge in [0, 0.05) is 6.04 Å². The van der Waals surface area contributed by atoms with Crippen molar-refractivity contribution in [2.24, 2.45) is 0 Å². The predicted octanol–water partition coefficient (Wildman–Crippen LogP) is 0.606. The summed E-state index contributed by atoms with van der Waals surface area (Å²) in [6.07, 6.45) is 0.484. The lowest BCUT2D eigenvalue weighted by Gasteiger charge is -2.09. The molecular weight excluding hydrogens is 350 g/mol. The molecule has 0 bridgehead atoms. The molecule has 1 saturated heterocycles. The maximum Gasteiger partial charge on any atom is 0.231 e. The molecule has 24 heavy (non-hydrogen) atoms. The third-order valence-corrected chi connectivity index (χ3v) is 6.64. The Morgan fingerprint density at radius 2 is 2.25 bits per heavy atom. The van der Waals surface area contributed by atoms with Crippen LogP contribution in [0.2, 0.25) is 0 Å². The van der Waals surface area contributed by atoms with Gasteiger partial charge in [-0.25, -0.2) is 18.5 Å². The van der Waals surface area contributed by atoms with Crippen LogP contribution in [-0.2, 0) is 14.6 Å². The second-order valence-electron chi connectivity index (χ2n) is 5.72. The predicted molar refractivity (Wildman–Crippen MR) is 90.8 cm³/mol. The maximum absolute atomic E-state index is 12.1. The van der Waals surface area contributed by atoms with Crippen LogP contribution in [0, 0.1) is 0 Å². The summed E-state index contributed by atoms with van der Waals surface area (Å²) in [4.78, 5) is 16.5. The van der Waals surface area contributed by atoms with Gasteiger partial charge in [0.05, 0.1) is 28.3 Å². The van der Waals surface area contributed by atoms with Crippen LogP contribution in [0.1, 0.15) is 6.42 Å². The topological polar surface area (TPSA) is 109 Å². The molecule has 1 atom stereocenters. The van der Waals surface area contributed by atoms with E-state index in [1.54, 1.807) is 0 Å². The molecule has 1 aliphatic rings. The van der Waals surface area contributed by atoms with Crippen molar-refractivity contribution in [2.75, 3.05) is 17.3 Å². The quantitative estimate of drug-likeness (QED) is 0.656. The smallest absolute Gasteiger partial charge is 0.231 e. The summed E-state index contributed by atoms with van der Waals surface area (Å²) < 4.78 is 24.7. The number of nitrogens with zero attached hydrogens (tertiary/aromatic N) is 3. The number of sulfone groups is 1. The number of hydrogen-bond acceptors (Lipinski definition) is 6. The summed E-state index contributed by atoms with van der Waals surface area (Å²) in [5.74, 6) is 0.779. The zero-order valence-corrected chi connectivity index (χ0v) is 14.2. The molecule has 3 aromatic rings. The number of rotatable bonds is 4. The Hall–Kier alpha value is -2.07. The van der Waals surface area contributed by atoms with Crippen LogP contribution < -0.4 is 5.32 Å². The number of nitrogens with one attached hydrogen (secondary N) is 2. The van der Waals surface area contributed by atoms with E-state index in [1.165, 1.54) is 11.8 Å². The van der Waals surface area contributed by atoms with Crippen LogP contribution in [0.25, 0.3) is 16.8 Å². The van der Waals surface area contributed by atoms with Gasteiger partial charge in [-0.15, -0.1) is 5.10 Å². The lowest BCUT2D eigenvalue weighted by Crippen LogP contribution is -2.36. The van der Waals surface area contributed by atoms with E-state index >= 15 is 0 Å². The number of H-pyrrole nitrogens is 1. The monoisotopic (exact) mass is 365 g/mol. The molecule has 8 nitrogen and oxygen atoms in total. The highest BCUT2D eigenvalue weighted by atomic mass is 32.2. The van der Waals surface area contributed by atoms with Gasteiger partial charge in [-0.3, -0.25) is 9.20 Å². The Balaban J connectivity index is 1.46. The van der Waals surface area contributed by atoms with Crippen molar-refractivity contribution >= 4 is 44.3 Å². The third-order valence-electron chi connectivity index (χ3n) is 3.93. The first-order valence-electron chi connectivity index (χ1n) is 7.46. The van der Waals surface area contributed by atoms with Crippen molar-refractivity contribution in [1.82, 2.24) is 24.9 Å². The van der Waals surface area contributed by atoms with E-state index in [1.807, 2.05) is 28.7 Å². The molecule has 0 spiro atoms. The molecule has 2 N–H and O–H groups in total. The van der Waals surface area contributed by atoms with Gasteiger partial charge in [-0.1, -0.05) is 23.9 Å². The number of carbonyl (C=O) groups excluding carboxylic acids is 1. The highest BCUT2D eigenvalue weighted by Gasteiger charge is 2.28. The minimum absolute atomic E-state index is 0.0300. The van der Waals surface area contributed by atoms with Crippen LogP contribution in [0.5, 0.6) is 0 Å². The second kappa shape index (κ2) is 5.78. The van der Waals surface area contributed by atoms with Crippen LogP contribution in [0.15, 0.2) is 29.4 Å². The minimum atomic E-state index is -3.00. The first kappa shape index (κ1) is 15.5. The molecule has 0 unspecified atom stereocenters. The molecule has 1 fully saturated rings. The number of thioether (sulfide) groups is 1. The van der Waals surface area contributed by atoms with Gasteiger partial charge in [0.25, 0.3) is 0 Å². The van der Waals surface area contributed by atoms with E-state index in [9.17, 15) is 13.2 Å². The number of para-hydroxylation sites is 2. The van der Waals surface area contributed by atoms with E-state index in [-0.39, 0.29) is 29.2 Å². The Labute approximate surface area is 141 Å². The van der Waals surface area contributed by atoms with Gasteiger partial charge in [0.2, 0.25) is 11.7 Å². The number of fused-ring (bicyclic) bond motifs is 3. The van der Waals surface area contributed by atoms with Crippen molar-refractivity contribution in [3.05, 3.63) is 24.3 Å². The molecule has 0 saturated carbocycles. The Bertz CT molecular complexity index is 1020. The zero-order chi connectivity index (χ0) is 16.7. The summed E-state index contributed by atoms with van der Waals surface area (Å²) in [5, 5.41) is 10.5. The minimum Gasteiger partial charge on any atom is -0.352 e. The number of aromatic nitrogens is 4. The van der Waals surface area contributed by atoms with Crippen molar-refractivity contribution in [3.63, 3.8) is 0 Å². The number of imidazole rings is 1. The van der Waals surface area contributed by atoms with Crippen LogP contribution >= 0.6 is 11.8 Å². The second-order valence-corrected chi connectivity index (χ2v) is 8.89. The normalized spacial score (nSPS) is 19.9. The molecule has 1 aliphatic heterocycles. The average Bonchev–Trinajstić information content (AvgIpc) is 3.18. The molecule has 126 valence electrons. The highest BCUT2D eigenvalue weighted by molar-refractivity contribution is 7.99. The number of aromatic amines is 1. The third kappa shape index (κ3) is 2.86. The Kier molecular flexibility index (Phi) is 3.72. The van der Waals surface area contributed by atoms with E-state index in [4.69, 9.17) is 0 Å². The first-order chi connectivity index (χ1) is 11.5. The van der Waals surface area contributed by atoms with E-state index < -0.39 is 9.84 Å². The molecule has 10 heteroatoms. The molecular formula is C14H15N5O3S2. The number of benzene rings is 1. The van der Waals surface area contributed by atoms with Crippen LogP contribution in [0.3, 0.4) is 0 Å². The number of amides is 1. The summed E-state index contributed by atoms with van der Waals surface area (Å²) in [5.41, 5.74) is 1.78. The fraction of sp³-hybridized carbons (Fsp3) is 0.357. The van der Waals surface area contributed by atoms with Gasteiger partial charge < -0.3 is 5.32 Å². The van der Waals surface area contributed by atoms with Crippen molar-refractivity contribution in [2.45, 2.75) is 17.6 Å². The summed E-state index contributed by atoms with van der Waals surface area (Å²) in [6, 6.07) is 7.41.